The Morgan fingerprint density at radius 3 is 2.76 bits per heavy atom. The molecule has 2 rings (SSSR count). The van der Waals surface area contributed by atoms with Gasteiger partial charge in [-0.3, -0.25) is 0 Å². The van der Waals surface area contributed by atoms with Gasteiger partial charge in [-0.25, -0.2) is 14.8 Å². The third kappa shape index (κ3) is 3.83. The average molecular weight is 293 g/mol. The minimum atomic E-state index is -0.821. The van der Waals surface area contributed by atoms with Crippen molar-refractivity contribution in [2.24, 2.45) is 5.92 Å². The summed E-state index contributed by atoms with van der Waals surface area (Å²) in [5.41, 5.74) is 0.751. The summed E-state index contributed by atoms with van der Waals surface area (Å²) in [5, 5.41) is 12.6. The second-order valence-corrected chi connectivity index (χ2v) is 5.44. The Morgan fingerprint density at radius 1 is 1.43 bits per heavy atom. The van der Waals surface area contributed by atoms with Crippen LogP contribution in [0.3, 0.4) is 0 Å². The minimum absolute atomic E-state index is 0.154. The Morgan fingerprint density at radius 2 is 2.14 bits per heavy atom. The standard InChI is InChI=1S/C15H23N3O3/c1-3-21-14-10(2)13(16-9-17-14)18-12(15(19)20)11-7-5-4-6-8-11/h9,11-12H,3-8H2,1-2H3,(H,19,20)(H,16,17,18). The molecule has 21 heavy (non-hydrogen) atoms. The van der Waals surface area contributed by atoms with Crippen LogP contribution >= 0.6 is 0 Å². The lowest BCUT2D eigenvalue weighted by Gasteiger charge is -2.28. The molecule has 1 aliphatic rings. The zero-order chi connectivity index (χ0) is 15.2. The second kappa shape index (κ2) is 7.24. The molecule has 0 aromatic carbocycles. The quantitative estimate of drug-likeness (QED) is 0.838. The molecule has 116 valence electrons. The lowest BCUT2D eigenvalue weighted by molar-refractivity contribution is -0.139. The van der Waals surface area contributed by atoms with Crippen molar-refractivity contribution in [2.75, 3.05) is 11.9 Å². The van der Waals surface area contributed by atoms with E-state index in [4.69, 9.17) is 4.74 Å². The smallest absolute Gasteiger partial charge is 0.326 e. The summed E-state index contributed by atoms with van der Waals surface area (Å²) >= 11 is 0. The van der Waals surface area contributed by atoms with E-state index in [1.807, 2.05) is 13.8 Å². The van der Waals surface area contributed by atoms with Gasteiger partial charge in [0.15, 0.2) is 0 Å². The van der Waals surface area contributed by atoms with Gasteiger partial charge in [-0.1, -0.05) is 19.3 Å². The Labute approximate surface area is 124 Å². The molecule has 0 aliphatic heterocycles. The maximum atomic E-state index is 11.6. The summed E-state index contributed by atoms with van der Waals surface area (Å²) in [4.78, 5) is 19.8. The molecule has 2 N–H and O–H groups in total. The number of rotatable bonds is 6. The molecule has 0 saturated heterocycles. The highest BCUT2D eigenvalue weighted by molar-refractivity contribution is 5.77. The van der Waals surface area contributed by atoms with Crippen molar-refractivity contribution in [2.45, 2.75) is 52.0 Å². The van der Waals surface area contributed by atoms with Gasteiger partial charge in [0.25, 0.3) is 0 Å². The van der Waals surface area contributed by atoms with Gasteiger partial charge in [-0.05, 0) is 32.6 Å². The number of aliphatic carboxylic acids is 1. The van der Waals surface area contributed by atoms with Gasteiger partial charge in [0.05, 0.1) is 12.2 Å². The molecule has 1 atom stereocenters. The molecule has 0 spiro atoms. The highest BCUT2D eigenvalue weighted by Gasteiger charge is 2.30. The van der Waals surface area contributed by atoms with E-state index in [0.717, 1.165) is 31.2 Å². The van der Waals surface area contributed by atoms with Crippen LogP contribution in [-0.4, -0.2) is 33.7 Å². The van der Waals surface area contributed by atoms with Gasteiger partial charge in [-0.2, -0.15) is 0 Å². The van der Waals surface area contributed by atoms with Crippen molar-refractivity contribution < 1.29 is 14.6 Å². The van der Waals surface area contributed by atoms with E-state index in [1.54, 1.807) is 0 Å². The van der Waals surface area contributed by atoms with Gasteiger partial charge in [-0.15, -0.1) is 0 Å². The summed E-state index contributed by atoms with van der Waals surface area (Å²) < 4.78 is 5.43. The summed E-state index contributed by atoms with van der Waals surface area (Å²) in [7, 11) is 0. The Bertz CT molecular complexity index is 487. The van der Waals surface area contributed by atoms with Crippen LogP contribution < -0.4 is 10.1 Å². The third-order valence-corrected chi connectivity index (χ3v) is 4.00. The molecule has 0 radical (unpaired) electrons. The van der Waals surface area contributed by atoms with Crippen LogP contribution in [0.1, 0.15) is 44.6 Å². The van der Waals surface area contributed by atoms with E-state index < -0.39 is 12.0 Å². The van der Waals surface area contributed by atoms with E-state index >= 15 is 0 Å². The highest BCUT2D eigenvalue weighted by atomic mass is 16.5. The van der Waals surface area contributed by atoms with E-state index in [-0.39, 0.29) is 5.92 Å². The van der Waals surface area contributed by atoms with Crippen molar-refractivity contribution in [3.8, 4) is 5.88 Å². The summed E-state index contributed by atoms with van der Waals surface area (Å²) in [6.07, 6.45) is 6.70. The zero-order valence-electron chi connectivity index (χ0n) is 12.6. The number of carboxylic acids is 1. The molecule has 1 aromatic rings. The zero-order valence-corrected chi connectivity index (χ0v) is 12.6. The number of carboxylic acid groups (broad SMARTS) is 1. The van der Waals surface area contributed by atoms with Crippen molar-refractivity contribution in [1.82, 2.24) is 9.97 Å². The molecule has 1 aromatic heterocycles. The molecule has 1 aliphatic carbocycles. The fourth-order valence-corrected chi connectivity index (χ4v) is 2.86. The molecular weight excluding hydrogens is 270 g/mol. The first-order chi connectivity index (χ1) is 10.1. The van der Waals surface area contributed by atoms with Crippen LogP contribution in [0, 0.1) is 12.8 Å². The van der Waals surface area contributed by atoms with Gasteiger partial charge in [0, 0.05) is 0 Å². The number of nitrogens with one attached hydrogen (secondary N) is 1. The predicted octanol–water partition coefficient (Wildman–Crippen LogP) is 2.63. The number of aromatic nitrogens is 2. The largest absolute Gasteiger partial charge is 0.480 e. The first-order valence-corrected chi connectivity index (χ1v) is 7.57. The fraction of sp³-hybridized carbons (Fsp3) is 0.667. The molecule has 1 unspecified atom stereocenters. The molecule has 1 fully saturated rings. The second-order valence-electron chi connectivity index (χ2n) is 5.44. The van der Waals surface area contributed by atoms with Gasteiger partial charge >= 0.3 is 5.97 Å². The first kappa shape index (κ1) is 15.5. The van der Waals surface area contributed by atoms with Crippen molar-refractivity contribution >= 4 is 11.8 Å². The van der Waals surface area contributed by atoms with Crippen molar-refractivity contribution in [1.29, 1.82) is 0 Å². The Kier molecular flexibility index (Phi) is 5.36. The number of nitrogens with zero attached hydrogens (tertiary/aromatic N) is 2. The number of ether oxygens (including phenoxy) is 1. The molecule has 6 nitrogen and oxygen atoms in total. The normalized spacial score (nSPS) is 17.2. The predicted molar refractivity (Wildman–Crippen MR) is 79.6 cm³/mol. The maximum absolute atomic E-state index is 11.6. The summed E-state index contributed by atoms with van der Waals surface area (Å²) in [5.74, 6) is 0.383. The van der Waals surface area contributed by atoms with Crippen LogP contribution in [0.25, 0.3) is 0 Å². The molecule has 1 heterocycles. The van der Waals surface area contributed by atoms with Crippen LogP contribution in [-0.2, 0) is 4.79 Å². The van der Waals surface area contributed by atoms with Crippen LogP contribution in [0.2, 0.25) is 0 Å². The van der Waals surface area contributed by atoms with Crippen LogP contribution in [0.5, 0.6) is 5.88 Å². The van der Waals surface area contributed by atoms with E-state index in [9.17, 15) is 9.90 Å². The van der Waals surface area contributed by atoms with Crippen LogP contribution in [0.15, 0.2) is 6.33 Å². The van der Waals surface area contributed by atoms with Gasteiger partial charge in [0.2, 0.25) is 5.88 Å². The Balaban J connectivity index is 2.16. The average Bonchev–Trinajstić information content (AvgIpc) is 2.49. The highest BCUT2D eigenvalue weighted by Crippen LogP contribution is 2.29. The molecular formula is C15H23N3O3. The first-order valence-electron chi connectivity index (χ1n) is 7.57. The Hall–Kier alpha value is -1.85. The van der Waals surface area contributed by atoms with Gasteiger partial charge < -0.3 is 15.2 Å². The number of hydrogen-bond donors (Lipinski definition) is 2. The van der Waals surface area contributed by atoms with Gasteiger partial charge in [0.1, 0.15) is 18.2 Å². The van der Waals surface area contributed by atoms with Crippen molar-refractivity contribution in [3.05, 3.63) is 11.9 Å². The molecule has 1 saturated carbocycles. The SMILES string of the molecule is CCOc1ncnc(NC(C(=O)O)C2CCCCC2)c1C. The van der Waals surface area contributed by atoms with E-state index in [1.165, 1.54) is 12.7 Å². The number of carbonyl (C=O) groups is 1. The monoisotopic (exact) mass is 293 g/mol. The number of anilines is 1. The summed E-state index contributed by atoms with van der Waals surface area (Å²) in [6.45, 7) is 4.24. The topological polar surface area (TPSA) is 84.3 Å². The maximum Gasteiger partial charge on any atom is 0.326 e. The lowest BCUT2D eigenvalue weighted by Crippen LogP contribution is -2.38. The molecule has 0 amide bonds. The van der Waals surface area contributed by atoms with E-state index in [2.05, 4.69) is 15.3 Å². The number of hydrogen-bond acceptors (Lipinski definition) is 5. The fourth-order valence-electron chi connectivity index (χ4n) is 2.86. The molecule has 0 bridgehead atoms. The summed E-state index contributed by atoms with van der Waals surface area (Å²) in [6, 6.07) is -0.603. The van der Waals surface area contributed by atoms with Crippen molar-refractivity contribution in [3.63, 3.8) is 0 Å². The van der Waals surface area contributed by atoms with E-state index in [0.29, 0.717) is 18.3 Å². The third-order valence-electron chi connectivity index (χ3n) is 4.00. The molecule has 6 heteroatoms. The lowest BCUT2D eigenvalue weighted by atomic mass is 9.84. The minimum Gasteiger partial charge on any atom is -0.480 e. The van der Waals surface area contributed by atoms with Crippen LogP contribution in [0.4, 0.5) is 5.82 Å².